The Morgan fingerprint density at radius 3 is 2.39 bits per heavy atom. The fraction of sp³-hybridized carbons (Fsp3) is 0.588. The summed E-state index contributed by atoms with van der Waals surface area (Å²) in [7, 11) is 4.03. The van der Waals surface area contributed by atoms with Crippen LogP contribution in [0.15, 0.2) is 16.8 Å². The van der Waals surface area contributed by atoms with E-state index in [1.807, 2.05) is 40.7 Å². The number of nitrogens with zero attached hydrogens (tertiary/aromatic N) is 3. The Morgan fingerprint density at radius 1 is 1.29 bits per heavy atom. The molecular formula is C17H22F3N3O4S. The highest BCUT2D eigenvalue weighted by atomic mass is 32.1. The number of carboxylic acids is 1. The zero-order chi connectivity index (χ0) is 21.1. The molecule has 156 valence electrons. The number of carbonyl (C=O) groups is 3. The van der Waals surface area contributed by atoms with Crippen molar-refractivity contribution < 1.29 is 32.7 Å². The molecule has 2 atom stereocenters. The van der Waals surface area contributed by atoms with Gasteiger partial charge in [0.1, 0.15) is 0 Å². The second-order valence-corrected chi connectivity index (χ2v) is 7.76. The van der Waals surface area contributed by atoms with Crippen LogP contribution in [0.3, 0.4) is 0 Å². The summed E-state index contributed by atoms with van der Waals surface area (Å²) in [6.07, 6.45) is -5.08. The molecule has 3 rings (SSSR count). The van der Waals surface area contributed by atoms with E-state index in [9.17, 15) is 22.8 Å². The third-order valence-corrected chi connectivity index (χ3v) is 5.32. The highest BCUT2D eigenvalue weighted by Crippen LogP contribution is 2.33. The van der Waals surface area contributed by atoms with E-state index in [1.54, 1.807) is 0 Å². The largest absolute Gasteiger partial charge is 0.490 e. The first-order valence-electron chi connectivity index (χ1n) is 8.55. The maximum absolute atomic E-state index is 12.4. The summed E-state index contributed by atoms with van der Waals surface area (Å²) in [4.78, 5) is 39.6. The van der Waals surface area contributed by atoms with Crippen LogP contribution in [0.4, 0.5) is 13.2 Å². The van der Waals surface area contributed by atoms with Crippen molar-refractivity contribution >= 4 is 29.1 Å². The van der Waals surface area contributed by atoms with E-state index in [4.69, 9.17) is 9.90 Å². The third kappa shape index (κ3) is 5.44. The van der Waals surface area contributed by atoms with Gasteiger partial charge >= 0.3 is 12.1 Å². The van der Waals surface area contributed by atoms with Crippen LogP contribution in [-0.4, -0.2) is 90.6 Å². The van der Waals surface area contributed by atoms with Crippen molar-refractivity contribution in [1.82, 2.24) is 14.7 Å². The maximum Gasteiger partial charge on any atom is 0.490 e. The topological polar surface area (TPSA) is 81.2 Å². The Bertz CT molecular complexity index is 709. The second kappa shape index (κ2) is 8.91. The Hall–Kier alpha value is -2.14. The predicted octanol–water partition coefficient (Wildman–Crippen LogP) is 1.47. The third-order valence-electron chi connectivity index (χ3n) is 4.64. The molecule has 2 fully saturated rings. The number of halogens is 3. The van der Waals surface area contributed by atoms with Crippen LogP contribution in [0.5, 0.6) is 0 Å². The number of carbonyl (C=O) groups excluding carboxylic acids is 2. The van der Waals surface area contributed by atoms with Crippen LogP contribution in [0.1, 0.15) is 10.4 Å². The molecule has 0 unspecified atom stereocenters. The molecule has 1 aromatic heterocycles. The number of hydrogen-bond donors (Lipinski definition) is 1. The molecule has 2 aliphatic heterocycles. The number of thiophene rings is 1. The number of hydrogen-bond acceptors (Lipinski definition) is 5. The van der Waals surface area contributed by atoms with Crippen LogP contribution in [0.2, 0.25) is 0 Å². The van der Waals surface area contributed by atoms with Crippen molar-refractivity contribution in [3.63, 3.8) is 0 Å². The fourth-order valence-corrected chi connectivity index (χ4v) is 3.83. The minimum absolute atomic E-state index is 0.00903. The zero-order valence-corrected chi connectivity index (χ0v) is 16.3. The normalized spacial score (nSPS) is 21.6. The first kappa shape index (κ1) is 22.2. The molecule has 3 heterocycles. The number of fused-ring (bicyclic) bond motifs is 1. The van der Waals surface area contributed by atoms with Crippen molar-refractivity contribution in [3.8, 4) is 0 Å². The van der Waals surface area contributed by atoms with Gasteiger partial charge in [0.25, 0.3) is 5.91 Å². The molecule has 0 aromatic carbocycles. The Labute approximate surface area is 164 Å². The summed E-state index contributed by atoms with van der Waals surface area (Å²) in [5.74, 6) is -2.15. The van der Waals surface area contributed by atoms with E-state index < -0.39 is 12.1 Å². The molecule has 2 aliphatic rings. The van der Waals surface area contributed by atoms with Gasteiger partial charge in [-0.3, -0.25) is 9.59 Å². The lowest BCUT2D eigenvalue weighted by Gasteiger charge is -2.23. The monoisotopic (exact) mass is 421 g/mol. The van der Waals surface area contributed by atoms with E-state index in [1.165, 1.54) is 11.3 Å². The molecule has 1 aromatic rings. The number of carboxylic acid groups (broad SMARTS) is 1. The quantitative estimate of drug-likeness (QED) is 0.797. The standard InChI is InChI=1S/C15H21N3O2S.C2HF3O2/c1-16(2)4-5-17-7-12-8-18(9-13(12)15(17)20)14(19)11-3-6-21-10-11;3-2(4,5)1(6)7/h3,6,10,12-13H,4-5,7-9H2,1-2H3;(H,6,7)/t12-,13+;/m1./s1. The summed E-state index contributed by atoms with van der Waals surface area (Å²) in [6.45, 7) is 3.77. The van der Waals surface area contributed by atoms with Gasteiger partial charge in [0.05, 0.1) is 11.5 Å². The molecule has 1 N–H and O–H groups in total. The van der Waals surface area contributed by atoms with E-state index >= 15 is 0 Å². The van der Waals surface area contributed by atoms with Crippen molar-refractivity contribution in [2.24, 2.45) is 11.8 Å². The average molecular weight is 421 g/mol. The average Bonchev–Trinajstić information content (AvgIpc) is 3.30. The first-order chi connectivity index (χ1) is 13.0. The number of amides is 2. The first-order valence-corrected chi connectivity index (χ1v) is 9.50. The van der Waals surface area contributed by atoms with Crippen LogP contribution in [0.25, 0.3) is 0 Å². The predicted molar refractivity (Wildman–Crippen MR) is 96.0 cm³/mol. The lowest BCUT2D eigenvalue weighted by molar-refractivity contribution is -0.192. The molecule has 2 saturated heterocycles. The summed E-state index contributed by atoms with van der Waals surface area (Å²) in [5.41, 5.74) is 0.747. The van der Waals surface area contributed by atoms with Gasteiger partial charge in [-0.2, -0.15) is 24.5 Å². The molecule has 2 amide bonds. The Kier molecular flexibility index (Phi) is 7.05. The minimum atomic E-state index is -5.08. The SMILES string of the molecule is CN(C)CCN1C[C@@H]2CN(C(=O)c3ccsc3)C[C@@H]2C1=O.O=C(O)C(F)(F)F. The summed E-state index contributed by atoms with van der Waals surface area (Å²) < 4.78 is 31.7. The molecule has 0 saturated carbocycles. The molecular weight excluding hydrogens is 399 g/mol. The molecule has 7 nitrogen and oxygen atoms in total. The fourth-order valence-electron chi connectivity index (χ4n) is 3.20. The molecule has 28 heavy (non-hydrogen) atoms. The van der Waals surface area contributed by atoms with Crippen LogP contribution in [-0.2, 0) is 9.59 Å². The maximum atomic E-state index is 12.4. The molecule has 0 bridgehead atoms. The van der Waals surface area contributed by atoms with Gasteiger partial charge in [0.2, 0.25) is 5.91 Å². The van der Waals surface area contributed by atoms with Gasteiger partial charge in [-0.1, -0.05) is 0 Å². The summed E-state index contributed by atoms with van der Waals surface area (Å²) >= 11 is 1.53. The number of aliphatic carboxylic acids is 1. The molecule has 11 heteroatoms. The number of alkyl halides is 3. The number of likely N-dealkylation sites (N-methyl/N-ethyl adjacent to an activating group) is 1. The van der Waals surface area contributed by atoms with Crippen LogP contribution < -0.4 is 0 Å². The number of rotatable bonds is 4. The van der Waals surface area contributed by atoms with Crippen molar-refractivity contribution in [2.75, 3.05) is 46.8 Å². The molecule has 0 radical (unpaired) electrons. The van der Waals surface area contributed by atoms with Crippen LogP contribution >= 0.6 is 11.3 Å². The van der Waals surface area contributed by atoms with Gasteiger partial charge < -0.3 is 19.8 Å². The van der Waals surface area contributed by atoms with Crippen molar-refractivity contribution in [3.05, 3.63) is 22.4 Å². The smallest absolute Gasteiger partial charge is 0.475 e. The Morgan fingerprint density at radius 2 is 1.93 bits per heavy atom. The number of likely N-dealkylation sites (tertiary alicyclic amines) is 2. The lowest BCUT2D eigenvalue weighted by Crippen LogP contribution is -2.38. The Balaban J connectivity index is 0.000000345. The molecule has 0 spiro atoms. The van der Waals surface area contributed by atoms with E-state index in [2.05, 4.69) is 4.90 Å². The van der Waals surface area contributed by atoms with E-state index in [0.29, 0.717) is 19.0 Å². The highest BCUT2D eigenvalue weighted by molar-refractivity contribution is 7.08. The van der Waals surface area contributed by atoms with E-state index in [0.717, 1.165) is 25.2 Å². The van der Waals surface area contributed by atoms with Gasteiger partial charge in [-0.15, -0.1) is 0 Å². The molecule has 0 aliphatic carbocycles. The second-order valence-electron chi connectivity index (χ2n) is 6.98. The van der Waals surface area contributed by atoms with Crippen LogP contribution in [0, 0.1) is 11.8 Å². The highest BCUT2D eigenvalue weighted by Gasteiger charge is 2.47. The van der Waals surface area contributed by atoms with E-state index in [-0.39, 0.29) is 17.7 Å². The lowest BCUT2D eigenvalue weighted by atomic mass is 10.0. The minimum Gasteiger partial charge on any atom is -0.475 e. The van der Waals surface area contributed by atoms with Crippen molar-refractivity contribution in [1.29, 1.82) is 0 Å². The summed E-state index contributed by atoms with van der Waals surface area (Å²) in [6, 6.07) is 1.85. The van der Waals surface area contributed by atoms with Gasteiger partial charge in [0, 0.05) is 44.0 Å². The summed E-state index contributed by atoms with van der Waals surface area (Å²) in [5, 5.41) is 10.9. The van der Waals surface area contributed by atoms with Gasteiger partial charge in [-0.25, -0.2) is 4.79 Å². The van der Waals surface area contributed by atoms with Crippen molar-refractivity contribution in [2.45, 2.75) is 6.18 Å². The van der Waals surface area contributed by atoms with Gasteiger partial charge in [-0.05, 0) is 25.5 Å². The zero-order valence-electron chi connectivity index (χ0n) is 15.5. The van der Waals surface area contributed by atoms with Gasteiger partial charge in [0.15, 0.2) is 0 Å².